The smallest absolute Gasteiger partial charge is 0.0840 e. The molecule has 4 aliphatic carbocycles. The van der Waals surface area contributed by atoms with Crippen LogP contribution >= 0.6 is 0 Å². The van der Waals surface area contributed by atoms with E-state index < -0.39 is 5.60 Å². The first-order valence-corrected chi connectivity index (χ1v) is 12.8. The molecule has 0 heterocycles. The lowest BCUT2D eigenvalue weighted by Gasteiger charge is -2.60. The predicted octanol–water partition coefficient (Wildman–Crippen LogP) is 7.87. The zero-order valence-corrected chi connectivity index (χ0v) is 20.3. The fraction of sp³-hybridized carbons (Fsp3) is 0.793. The van der Waals surface area contributed by atoms with Crippen molar-refractivity contribution in [2.24, 2.45) is 40.4 Å². The fourth-order valence-corrected chi connectivity index (χ4v) is 8.90. The maximum absolute atomic E-state index is 10.4. The number of rotatable bonds is 4. The predicted molar refractivity (Wildman–Crippen MR) is 128 cm³/mol. The summed E-state index contributed by atoms with van der Waals surface area (Å²) in [7, 11) is 0. The Labute approximate surface area is 186 Å². The van der Waals surface area contributed by atoms with Gasteiger partial charge in [-0.25, -0.2) is 0 Å². The molecular formula is C29H46O. The summed E-state index contributed by atoms with van der Waals surface area (Å²) in [6.07, 6.45) is 20.8. The van der Waals surface area contributed by atoms with Crippen LogP contribution in [0.4, 0.5) is 0 Å². The van der Waals surface area contributed by atoms with Crippen molar-refractivity contribution in [1.82, 2.24) is 0 Å². The molecule has 0 amide bonds. The van der Waals surface area contributed by atoms with E-state index >= 15 is 0 Å². The van der Waals surface area contributed by atoms with Crippen molar-refractivity contribution in [3.8, 4) is 0 Å². The summed E-state index contributed by atoms with van der Waals surface area (Å²) in [5.74, 6) is 4.59. The third-order valence-electron chi connectivity index (χ3n) is 10.6. The Morgan fingerprint density at radius 2 is 1.63 bits per heavy atom. The van der Waals surface area contributed by atoms with Crippen molar-refractivity contribution in [2.45, 2.75) is 104 Å². The first kappa shape index (κ1) is 22.4. The summed E-state index contributed by atoms with van der Waals surface area (Å²) < 4.78 is 0. The van der Waals surface area contributed by atoms with Crippen molar-refractivity contribution in [3.05, 3.63) is 36.0 Å². The molecule has 0 radical (unpaired) electrons. The topological polar surface area (TPSA) is 20.2 Å². The molecule has 1 nitrogen and oxygen atoms in total. The van der Waals surface area contributed by atoms with Gasteiger partial charge in [0, 0.05) is 0 Å². The van der Waals surface area contributed by atoms with Gasteiger partial charge in [-0.3, -0.25) is 0 Å². The molecule has 0 spiro atoms. The standard InChI is InChI=1S/C29H46O/c1-7-21(27(3,4)30)12-11-20(2)24-15-16-25-23-14-13-22-10-8-9-18-28(22,5)26(23)17-19-29(24,25)6/h7,11-12,22-26,30H,1,8-10,13-19H2,2-6H3/t22?,23-,24+,25-,26-,28-,29+/m0/s1. The summed E-state index contributed by atoms with van der Waals surface area (Å²) in [6, 6.07) is 0. The van der Waals surface area contributed by atoms with Crippen LogP contribution in [0.1, 0.15) is 98.8 Å². The molecule has 1 unspecified atom stereocenters. The highest BCUT2D eigenvalue weighted by atomic mass is 16.3. The second-order valence-electron chi connectivity index (χ2n) is 12.4. The van der Waals surface area contributed by atoms with Crippen LogP contribution in [0.5, 0.6) is 0 Å². The Bertz CT molecular complexity index is 721. The Hall–Kier alpha value is -0.820. The minimum absolute atomic E-state index is 0.469. The second kappa shape index (κ2) is 7.95. The minimum Gasteiger partial charge on any atom is -0.386 e. The van der Waals surface area contributed by atoms with E-state index in [1.165, 1.54) is 69.8 Å². The molecule has 1 N–H and O–H groups in total. The van der Waals surface area contributed by atoms with Crippen LogP contribution in [0.15, 0.2) is 36.0 Å². The van der Waals surface area contributed by atoms with E-state index in [-0.39, 0.29) is 0 Å². The molecule has 30 heavy (non-hydrogen) atoms. The van der Waals surface area contributed by atoms with E-state index in [1.807, 2.05) is 13.8 Å². The van der Waals surface area contributed by atoms with E-state index in [0.29, 0.717) is 16.7 Å². The van der Waals surface area contributed by atoms with Gasteiger partial charge in [-0.1, -0.05) is 57.1 Å². The Balaban J connectivity index is 1.56. The molecule has 4 saturated carbocycles. The maximum Gasteiger partial charge on any atom is 0.0840 e. The Morgan fingerprint density at radius 3 is 2.33 bits per heavy atom. The van der Waals surface area contributed by atoms with Crippen LogP contribution in [0.25, 0.3) is 0 Å². The average Bonchev–Trinajstić information content (AvgIpc) is 3.04. The lowest BCUT2D eigenvalue weighted by Crippen LogP contribution is -2.52. The Kier molecular flexibility index (Phi) is 5.93. The van der Waals surface area contributed by atoms with E-state index in [4.69, 9.17) is 0 Å². The highest BCUT2D eigenvalue weighted by Gasteiger charge is 2.59. The molecule has 7 atom stereocenters. The normalized spacial score (nSPS) is 44.8. The molecule has 0 bridgehead atoms. The second-order valence-corrected chi connectivity index (χ2v) is 12.4. The number of hydrogen-bond acceptors (Lipinski definition) is 1. The van der Waals surface area contributed by atoms with E-state index in [9.17, 15) is 5.11 Å². The lowest BCUT2D eigenvalue weighted by atomic mass is 9.44. The average molecular weight is 411 g/mol. The fourth-order valence-electron chi connectivity index (χ4n) is 8.90. The first-order valence-electron chi connectivity index (χ1n) is 12.8. The van der Waals surface area contributed by atoms with Gasteiger partial charge in [0.05, 0.1) is 5.60 Å². The number of aliphatic hydroxyl groups is 1. The zero-order chi connectivity index (χ0) is 21.7. The highest BCUT2D eigenvalue weighted by Crippen LogP contribution is 2.68. The van der Waals surface area contributed by atoms with Crippen molar-refractivity contribution in [1.29, 1.82) is 0 Å². The SMILES string of the molecule is C=CC(=CC=C(C)[C@H]1CC[C@H]2[C@@H]3CCC4CCCC[C@]4(C)[C@H]3CC[C@]12C)C(C)(C)O. The van der Waals surface area contributed by atoms with Crippen molar-refractivity contribution in [3.63, 3.8) is 0 Å². The number of fused-ring (bicyclic) bond motifs is 5. The van der Waals surface area contributed by atoms with Crippen LogP contribution in [0.3, 0.4) is 0 Å². The molecule has 4 fully saturated rings. The zero-order valence-electron chi connectivity index (χ0n) is 20.3. The van der Waals surface area contributed by atoms with Crippen LogP contribution in [0.2, 0.25) is 0 Å². The van der Waals surface area contributed by atoms with E-state index in [0.717, 1.165) is 29.2 Å². The monoisotopic (exact) mass is 410 g/mol. The van der Waals surface area contributed by atoms with Gasteiger partial charge >= 0.3 is 0 Å². The summed E-state index contributed by atoms with van der Waals surface area (Å²) in [6.45, 7) is 15.3. The van der Waals surface area contributed by atoms with Crippen molar-refractivity contribution < 1.29 is 5.11 Å². The quantitative estimate of drug-likeness (QED) is 0.467. The minimum atomic E-state index is -0.827. The van der Waals surface area contributed by atoms with Crippen LogP contribution in [0, 0.1) is 40.4 Å². The van der Waals surface area contributed by atoms with Gasteiger partial charge in [0.1, 0.15) is 0 Å². The Morgan fingerprint density at radius 1 is 0.900 bits per heavy atom. The molecule has 0 aliphatic heterocycles. The summed E-state index contributed by atoms with van der Waals surface area (Å²) >= 11 is 0. The number of hydrogen-bond donors (Lipinski definition) is 1. The first-order chi connectivity index (χ1) is 14.1. The van der Waals surface area contributed by atoms with E-state index in [2.05, 4.69) is 39.5 Å². The summed E-state index contributed by atoms with van der Waals surface area (Å²) in [4.78, 5) is 0. The van der Waals surface area contributed by atoms with Gasteiger partial charge in [0.2, 0.25) is 0 Å². The highest BCUT2D eigenvalue weighted by molar-refractivity contribution is 5.32. The molecule has 0 aromatic heterocycles. The van der Waals surface area contributed by atoms with Crippen molar-refractivity contribution in [2.75, 3.05) is 0 Å². The molecule has 0 aromatic rings. The van der Waals surface area contributed by atoms with Crippen LogP contribution < -0.4 is 0 Å². The van der Waals surface area contributed by atoms with Crippen LogP contribution in [-0.4, -0.2) is 10.7 Å². The largest absolute Gasteiger partial charge is 0.386 e. The van der Waals surface area contributed by atoms with Crippen LogP contribution in [-0.2, 0) is 0 Å². The van der Waals surface area contributed by atoms with Gasteiger partial charge in [-0.2, -0.15) is 0 Å². The third kappa shape index (κ3) is 3.58. The molecular weight excluding hydrogens is 364 g/mol. The molecule has 4 aliphatic rings. The summed E-state index contributed by atoms with van der Waals surface area (Å²) in [5.41, 5.74) is 2.71. The summed E-state index contributed by atoms with van der Waals surface area (Å²) in [5, 5.41) is 10.4. The van der Waals surface area contributed by atoms with Crippen molar-refractivity contribution >= 4 is 0 Å². The molecule has 0 aromatic carbocycles. The van der Waals surface area contributed by atoms with Gasteiger partial charge in [-0.05, 0) is 118 Å². The number of allylic oxidation sites excluding steroid dienone is 3. The van der Waals surface area contributed by atoms with Gasteiger partial charge < -0.3 is 5.11 Å². The third-order valence-corrected chi connectivity index (χ3v) is 10.6. The molecule has 4 rings (SSSR count). The van der Waals surface area contributed by atoms with Gasteiger partial charge in [0.25, 0.3) is 0 Å². The van der Waals surface area contributed by atoms with E-state index in [1.54, 1.807) is 6.08 Å². The maximum atomic E-state index is 10.4. The van der Waals surface area contributed by atoms with Gasteiger partial charge in [-0.15, -0.1) is 0 Å². The van der Waals surface area contributed by atoms with Gasteiger partial charge in [0.15, 0.2) is 0 Å². The lowest BCUT2D eigenvalue weighted by molar-refractivity contribution is -0.108. The molecule has 0 saturated heterocycles. The molecule has 1 heteroatoms. The molecule has 168 valence electrons.